The van der Waals surface area contributed by atoms with Gasteiger partial charge < -0.3 is 4.74 Å². The Balaban J connectivity index is 1.57. The van der Waals surface area contributed by atoms with E-state index in [-0.39, 0.29) is 0 Å². The molecule has 3 aromatic carbocycles. The van der Waals surface area contributed by atoms with Crippen LogP contribution in [-0.2, 0) is 17.4 Å². The van der Waals surface area contributed by atoms with E-state index in [1.807, 2.05) is 47.9 Å². The van der Waals surface area contributed by atoms with Gasteiger partial charge in [-0.3, -0.25) is 20.4 Å². The molecule has 0 atom stereocenters. The van der Waals surface area contributed by atoms with Crippen LogP contribution in [0.4, 0.5) is 13.2 Å². The second-order valence-corrected chi connectivity index (χ2v) is 6.60. The molecule has 0 aromatic heterocycles. The number of hydrogen-bond donors (Lipinski definition) is 2. The number of carbonyl (C=O) groups excluding carboxylic acids is 2. The third-order valence-electron chi connectivity index (χ3n) is 4.36. The number of halogens is 3. The second-order valence-electron chi connectivity index (χ2n) is 6.60. The van der Waals surface area contributed by atoms with E-state index in [2.05, 4.69) is 5.43 Å². The number of benzene rings is 3. The third kappa shape index (κ3) is 6.08. The van der Waals surface area contributed by atoms with Gasteiger partial charge in [0.2, 0.25) is 0 Å². The first-order valence-corrected chi connectivity index (χ1v) is 9.34. The zero-order valence-electron chi connectivity index (χ0n) is 16.3. The van der Waals surface area contributed by atoms with Crippen molar-refractivity contribution in [3.05, 3.63) is 101 Å². The minimum atomic E-state index is -4.69. The van der Waals surface area contributed by atoms with Crippen molar-refractivity contribution in [1.29, 1.82) is 0 Å². The molecule has 160 valence electrons. The summed E-state index contributed by atoms with van der Waals surface area (Å²) >= 11 is 0. The van der Waals surface area contributed by atoms with Crippen molar-refractivity contribution in [1.82, 2.24) is 10.9 Å². The van der Waals surface area contributed by atoms with Crippen molar-refractivity contribution in [3.8, 4) is 5.75 Å². The number of ether oxygens (including phenoxy) is 1. The average Bonchev–Trinajstić information content (AvgIpc) is 2.77. The zero-order chi connectivity index (χ0) is 22.3. The van der Waals surface area contributed by atoms with Crippen LogP contribution in [0.2, 0.25) is 0 Å². The lowest BCUT2D eigenvalue weighted by Crippen LogP contribution is -2.44. The predicted molar refractivity (Wildman–Crippen MR) is 108 cm³/mol. The third-order valence-corrected chi connectivity index (χ3v) is 4.36. The van der Waals surface area contributed by atoms with E-state index in [1.54, 1.807) is 12.1 Å². The fourth-order valence-electron chi connectivity index (χ4n) is 2.91. The number of alkyl halides is 3. The summed E-state index contributed by atoms with van der Waals surface area (Å²) in [6.45, 7) is -0.424. The van der Waals surface area contributed by atoms with E-state index in [4.69, 9.17) is 4.74 Å². The maximum atomic E-state index is 13.0. The fourth-order valence-corrected chi connectivity index (χ4v) is 2.91. The maximum absolute atomic E-state index is 13.0. The Morgan fingerprint density at radius 2 is 1.45 bits per heavy atom. The van der Waals surface area contributed by atoms with Gasteiger partial charge >= 0.3 is 6.18 Å². The van der Waals surface area contributed by atoms with Gasteiger partial charge in [-0.25, -0.2) is 0 Å². The van der Waals surface area contributed by atoms with Gasteiger partial charge in [-0.15, -0.1) is 0 Å². The van der Waals surface area contributed by atoms with Gasteiger partial charge in [0, 0.05) is 6.42 Å². The molecular formula is C23H19F3N2O3. The van der Waals surface area contributed by atoms with Crippen LogP contribution in [0.15, 0.2) is 78.9 Å². The molecule has 3 rings (SSSR count). The topological polar surface area (TPSA) is 67.4 Å². The van der Waals surface area contributed by atoms with Gasteiger partial charge in [0.1, 0.15) is 5.75 Å². The molecule has 0 heterocycles. The molecule has 8 heteroatoms. The fraction of sp³-hybridized carbons (Fsp3) is 0.130. The Labute approximate surface area is 176 Å². The van der Waals surface area contributed by atoms with Crippen molar-refractivity contribution in [2.24, 2.45) is 0 Å². The Morgan fingerprint density at radius 1 is 0.806 bits per heavy atom. The molecule has 2 amide bonds. The predicted octanol–water partition coefficient (Wildman–Crippen LogP) is 4.14. The van der Waals surface area contributed by atoms with Crippen LogP contribution in [0, 0.1) is 0 Å². The first kappa shape index (κ1) is 21.9. The Kier molecular flexibility index (Phi) is 6.92. The summed E-state index contributed by atoms with van der Waals surface area (Å²) in [5, 5.41) is 0. The number of rotatable bonds is 6. The summed E-state index contributed by atoms with van der Waals surface area (Å²) in [5.41, 5.74) is 4.30. The summed E-state index contributed by atoms with van der Waals surface area (Å²) < 4.78 is 44.6. The van der Waals surface area contributed by atoms with E-state index in [0.29, 0.717) is 12.2 Å². The molecule has 0 aliphatic rings. The van der Waals surface area contributed by atoms with Gasteiger partial charge in [-0.1, -0.05) is 60.7 Å². The highest BCUT2D eigenvalue weighted by atomic mass is 19.4. The molecule has 0 radical (unpaired) electrons. The summed E-state index contributed by atoms with van der Waals surface area (Å²) in [7, 11) is 0. The molecule has 0 aliphatic heterocycles. The normalized spacial score (nSPS) is 10.9. The minimum Gasteiger partial charge on any atom is -0.483 e. The molecule has 0 saturated heterocycles. The van der Waals surface area contributed by atoms with Crippen molar-refractivity contribution in [3.63, 3.8) is 0 Å². The number of amides is 2. The SMILES string of the molecule is O=C(COc1ccccc1Cc1ccccc1)NNC(=O)c1ccccc1C(F)(F)F. The van der Waals surface area contributed by atoms with Crippen LogP contribution in [0.25, 0.3) is 0 Å². The van der Waals surface area contributed by atoms with E-state index in [9.17, 15) is 22.8 Å². The van der Waals surface area contributed by atoms with E-state index in [0.717, 1.165) is 23.3 Å². The molecule has 0 unspecified atom stereocenters. The van der Waals surface area contributed by atoms with E-state index < -0.39 is 35.7 Å². The van der Waals surface area contributed by atoms with Gasteiger partial charge in [0.15, 0.2) is 6.61 Å². The number of hydrazine groups is 1. The minimum absolute atomic E-state index is 0.424. The van der Waals surface area contributed by atoms with Crippen LogP contribution in [0.1, 0.15) is 27.0 Å². The number of para-hydroxylation sites is 1. The first-order chi connectivity index (χ1) is 14.8. The van der Waals surface area contributed by atoms with Crippen LogP contribution in [0.5, 0.6) is 5.75 Å². The number of carbonyl (C=O) groups is 2. The zero-order valence-corrected chi connectivity index (χ0v) is 16.3. The van der Waals surface area contributed by atoms with Gasteiger partial charge in [-0.05, 0) is 29.3 Å². The quantitative estimate of drug-likeness (QED) is 0.580. The molecule has 0 spiro atoms. The molecular weight excluding hydrogens is 409 g/mol. The molecule has 5 nitrogen and oxygen atoms in total. The van der Waals surface area contributed by atoms with Crippen molar-refractivity contribution < 1.29 is 27.5 Å². The van der Waals surface area contributed by atoms with Crippen molar-refractivity contribution >= 4 is 11.8 Å². The van der Waals surface area contributed by atoms with E-state index in [1.165, 1.54) is 12.1 Å². The standard InChI is InChI=1S/C23H19F3N2O3/c24-23(25,26)19-12-6-5-11-18(19)22(30)28-27-21(29)15-31-20-13-7-4-10-17(20)14-16-8-2-1-3-9-16/h1-13H,14-15H2,(H,27,29)(H,28,30). The Hall–Kier alpha value is -3.81. The Bertz CT molecular complexity index is 1050. The highest BCUT2D eigenvalue weighted by Gasteiger charge is 2.34. The molecule has 0 saturated carbocycles. The maximum Gasteiger partial charge on any atom is 0.417 e. The summed E-state index contributed by atoms with van der Waals surface area (Å²) in [4.78, 5) is 24.1. The molecule has 31 heavy (non-hydrogen) atoms. The number of nitrogens with one attached hydrogen (secondary N) is 2. The van der Waals surface area contributed by atoms with Gasteiger partial charge in [-0.2, -0.15) is 13.2 Å². The molecule has 0 bridgehead atoms. The molecule has 2 N–H and O–H groups in total. The molecule has 0 aliphatic carbocycles. The molecule has 0 fully saturated rings. The highest BCUT2D eigenvalue weighted by molar-refractivity contribution is 5.97. The van der Waals surface area contributed by atoms with Crippen LogP contribution < -0.4 is 15.6 Å². The number of hydrogen-bond acceptors (Lipinski definition) is 3. The van der Waals surface area contributed by atoms with Crippen molar-refractivity contribution in [2.75, 3.05) is 6.61 Å². The monoisotopic (exact) mass is 428 g/mol. The lowest BCUT2D eigenvalue weighted by molar-refractivity contribution is -0.137. The van der Waals surface area contributed by atoms with Crippen molar-refractivity contribution in [2.45, 2.75) is 12.6 Å². The largest absolute Gasteiger partial charge is 0.483 e. The van der Waals surface area contributed by atoms with Crippen LogP contribution in [-0.4, -0.2) is 18.4 Å². The lowest BCUT2D eigenvalue weighted by Gasteiger charge is -2.14. The molecule has 3 aromatic rings. The summed E-state index contributed by atoms with van der Waals surface area (Å²) in [5.74, 6) is -1.30. The van der Waals surface area contributed by atoms with Gasteiger partial charge in [0.25, 0.3) is 11.8 Å². The average molecular weight is 428 g/mol. The Morgan fingerprint density at radius 3 is 2.19 bits per heavy atom. The van der Waals surface area contributed by atoms with E-state index >= 15 is 0 Å². The second kappa shape index (κ2) is 9.80. The smallest absolute Gasteiger partial charge is 0.417 e. The first-order valence-electron chi connectivity index (χ1n) is 9.34. The summed E-state index contributed by atoms with van der Waals surface area (Å²) in [6.07, 6.45) is -4.09. The van der Waals surface area contributed by atoms with Gasteiger partial charge in [0.05, 0.1) is 11.1 Å². The van der Waals surface area contributed by atoms with Crippen LogP contribution >= 0.6 is 0 Å². The highest BCUT2D eigenvalue weighted by Crippen LogP contribution is 2.31. The van der Waals surface area contributed by atoms with Crippen LogP contribution in [0.3, 0.4) is 0 Å². The lowest BCUT2D eigenvalue weighted by atomic mass is 10.0. The summed E-state index contributed by atoms with van der Waals surface area (Å²) in [6, 6.07) is 21.2.